The van der Waals surface area contributed by atoms with E-state index in [0.717, 1.165) is 23.0 Å². The van der Waals surface area contributed by atoms with Gasteiger partial charge in [0.15, 0.2) is 6.29 Å². The first-order chi connectivity index (χ1) is 8.38. The largest absolute Gasteiger partial charge is 0.298 e. The molecule has 0 spiro atoms. The molecule has 0 atom stereocenters. The fraction of sp³-hybridized carbons (Fsp3) is 0.188. The van der Waals surface area contributed by atoms with E-state index in [4.69, 9.17) is 0 Å². The molecule has 0 heterocycles. The first-order valence-corrected chi connectivity index (χ1v) is 6.05. The van der Waals surface area contributed by atoms with E-state index in [1.54, 1.807) is 0 Å². The van der Waals surface area contributed by atoms with Crippen molar-refractivity contribution in [2.45, 2.75) is 19.3 Å². The zero-order chi connectivity index (χ0) is 11.7. The van der Waals surface area contributed by atoms with Crippen molar-refractivity contribution in [1.82, 2.24) is 0 Å². The normalized spacial score (nSPS) is 13.4. The second kappa shape index (κ2) is 4.17. The van der Waals surface area contributed by atoms with Crippen LogP contribution in [-0.2, 0) is 12.8 Å². The van der Waals surface area contributed by atoms with Crippen LogP contribution in [0.4, 0.5) is 0 Å². The SMILES string of the molecule is O=Cc1ccccc1-c1ccc2c(c1)CCC2. The van der Waals surface area contributed by atoms with Gasteiger partial charge in [0.05, 0.1) is 0 Å². The summed E-state index contributed by atoms with van der Waals surface area (Å²) < 4.78 is 0. The molecule has 0 aliphatic heterocycles. The Balaban J connectivity index is 2.12. The number of carbonyl (C=O) groups is 1. The second-order valence-electron chi connectivity index (χ2n) is 4.54. The number of rotatable bonds is 2. The summed E-state index contributed by atoms with van der Waals surface area (Å²) in [5.41, 5.74) is 5.89. The molecule has 2 aromatic rings. The Kier molecular flexibility index (Phi) is 2.52. The quantitative estimate of drug-likeness (QED) is 0.709. The van der Waals surface area contributed by atoms with E-state index in [1.807, 2.05) is 24.3 Å². The Morgan fingerprint density at radius 2 is 1.76 bits per heavy atom. The zero-order valence-corrected chi connectivity index (χ0v) is 9.65. The van der Waals surface area contributed by atoms with Crippen LogP contribution in [0.15, 0.2) is 42.5 Å². The molecule has 0 unspecified atom stereocenters. The zero-order valence-electron chi connectivity index (χ0n) is 9.65. The summed E-state index contributed by atoms with van der Waals surface area (Å²) in [5, 5.41) is 0. The molecule has 0 N–H and O–H groups in total. The van der Waals surface area contributed by atoms with Crippen LogP contribution in [0, 0.1) is 0 Å². The summed E-state index contributed by atoms with van der Waals surface area (Å²) in [6, 6.07) is 14.3. The minimum absolute atomic E-state index is 0.769. The first kappa shape index (κ1) is 10.3. The molecule has 84 valence electrons. The van der Waals surface area contributed by atoms with Crippen molar-refractivity contribution in [2.75, 3.05) is 0 Å². The van der Waals surface area contributed by atoms with Gasteiger partial charge in [0.25, 0.3) is 0 Å². The van der Waals surface area contributed by atoms with Crippen LogP contribution in [0.2, 0.25) is 0 Å². The maximum Gasteiger partial charge on any atom is 0.150 e. The van der Waals surface area contributed by atoms with Crippen molar-refractivity contribution in [1.29, 1.82) is 0 Å². The lowest BCUT2D eigenvalue weighted by Gasteiger charge is -2.07. The Labute approximate surface area is 101 Å². The monoisotopic (exact) mass is 222 g/mol. The maximum absolute atomic E-state index is 11.0. The van der Waals surface area contributed by atoms with Gasteiger partial charge in [-0.05, 0) is 41.5 Å². The van der Waals surface area contributed by atoms with E-state index in [2.05, 4.69) is 18.2 Å². The highest BCUT2D eigenvalue weighted by Crippen LogP contribution is 2.29. The summed E-state index contributed by atoms with van der Waals surface area (Å²) in [4.78, 5) is 11.0. The van der Waals surface area contributed by atoms with E-state index in [1.165, 1.54) is 30.4 Å². The molecule has 1 nitrogen and oxygen atoms in total. The van der Waals surface area contributed by atoms with Gasteiger partial charge in [0.2, 0.25) is 0 Å². The van der Waals surface area contributed by atoms with Gasteiger partial charge in [0.1, 0.15) is 0 Å². The van der Waals surface area contributed by atoms with Gasteiger partial charge in [-0.15, -0.1) is 0 Å². The smallest absolute Gasteiger partial charge is 0.150 e. The number of aryl methyl sites for hydroxylation is 2. The third kappa shape index (κ3) is 1.78. The topological polar surface area (TPSA) is 17.1 Å². The Bertz CT molecular complexity index is 569. The van der Waals surface area contributed by atoms with E-state index in [-0.39, 0.29) is 0 Å². The lowest BCUT2D eigenvalue weighted by Crippen LogP contribution is -1.89. The minimum atomic E-state index is 0.769. The van der Waals surface area contributed by atoms with Crippen LogP contribution in [0.1, 0.15) is 27.9 Å². The number of hydrogen-bond acceptors (Lipinski definition) is 1. The highest BCUT2D eigenvalue weighted by molar-refractivity contribution is 5.87. The van der Waals surface area contributed by atoms with Crippen LogP contribution in [0.3, 0.4) is 0 Å². The lowest BCUT2D eigenvalue weighted by atomic mass is 9.97. The van der Waals surface area contributed by atoms with Gasteiger partial charge in [-0.3, -0.25) is 4.79 Å². The van der Waals surface area contributed by atoms with Gasteiger partial charge in [-0.1, -0.05) is 42.5 Å². The van der Waals surface area contributed by atoms with Crippen LogP contribution in [0.25, 0.3) is 11.1 Å². The fourth-order valence-electron chi connectivity index (χ4n) is 2.60. The summed E-state index contributed by atoms with van der Waals surface area (Å²) in [7, 11) is 0. The molecule has 17 heavy (non-hydrogen) atoms. The predicted octanol–water partition coefficient (Wildman–Crippen LogP) is 3.65. The van der Waals surface area contributed by atoms with E-state index >= 15 is 0 Å². The second-order valence-corrected chi connectivity index (χ2v) is 4.54. The summed E-state index contributed by atoms with van der Waals surface area (Å²) in [6.07, 6.45) is 4.56. The van der Waals surface area contributed by atoms with E-state index in [0.29, 0.717) is 0 Å². The highest BCUT2D eigenvalue weighted by Gasteiger charge is 2.12. The predicted molar refractivity (Wildman–Crippen MR) is 69.3 cm³/mol. The van der Waals surface area contributed by atoms with Crippen LogP contribution < -0.4 is 0 Å². The molecule has 0 radical (unpaired) electrons. The maximum atomic E-state index is 11.0. The van der Waals surface area contributed by atoms with Crippen molar-refractivity contribution in [3.8, 4) is 11.1 Å². The van der Waals surface area contributed by atoms with Gasteiger partial charge < -0.3 is 0 Å². The third-order valence-corrected chi connectivity index (χ3v) is 3.50. The Hall–Kier alpha value is -1.89. The number of aldehydes is 1. The standard InChI is InChI=1S/C16H14O/c17-11-15-4-1-2-7-16(15)14-9-8-12-5-3-6-13(12)10-14/h1-2,4,7-11H,3,5-6H2. The number of carbonyl (C=O) groups excluding carboxylic acids is 1. The number of benzene rings is 2. The summed E-state index contributed by atoms with van der Waals surface area (Å²) in [6.45, 7) is 0. The van der Waals surface area contributed by atoms with Crippen molar-refractivity contribution in [3.05, 3.63) is 59.2 Å². The average molecular weight is 222 g/mol. The lowest BCUT2D eigenvalue weighted by molar-refractivity contribution is 0.112. The number of hydrogen-bond donors (Lipinski definition) is 0. The molecule has 0 bridgehead atoms. The van der Waals surface area contributed by atoms with Crippen molar-refractivity contribution < 1.29 is 4.79 Å². The van der Waals surface area contributed by atoms with Gasteiger partial charge >= 0.3 is 0 Å². The van der Waals surface area contributed by atoms with E-state index < -0.39 is 0 Å². The molecule has 2 aromatic carbocycles. The molecular weight excluding hydrogens is 208 g/mol. The van der Waals surface area contributed by atoms with Gasteiger partial charge in [-0.25, -0.2) is 0 Å². The average Bonchev–Trinajstić information content (AvgIpc) is 2.85. The molecule has 0 amide bonds. The molecule has 0 saturated carbocycles. The van der Waals surface area contributed by atoms with Crippen LogP contribution >= 0.6 is 0 Å². The molecule has 0 saturated heterocycles. The molecular formula is C16H14O. The minimum Gasteiger partial charge on any atom is -0.298 e. The summed E-state index contributed by atoms with van der Waals surface area (Å²) >= 11 is 0. The molecule has 1 aliphatic carbocycles. The molecule has 1 heteroatoms. The van der Waals surface area contributed by atoms with E-state index in [9.17, 15) is 4.79 Å². The Morgan fingerprint density at radius 1 is 0.941 bits per heavy atom. The third-order valence-electron chi connectivity index (χ3n) is 3.50. The molecule has 1 aliphatic rings. The molecule has 0 fully saturated rings. The summed E-state index contributed by atoms with van der Waals surface area (Å²) in [5.74, 6) is 0. The highest BCUT2D eigenvalue weighted by atomic mass is 16.1. The molecule has 3 rings (SSSR count). The first-order valence-electron chi connectivity index (χ1n) is 6.05. The van der Waals surface area contributed by atoms with Crippen LogP contribution in [-0.4, -0.2) is 6.29 Å². The van der Waals surface area contributed by atoms with Crippen molar-refractivity contribution in [2.24, 2.45) is 0 Å². The van der Waals surface area contributed by atoms with Gasteiger partial charge in [-0.2, -0.15) is 0 Å². The van der Waals surface area contributed by atoms with Crippen LogP contribution in [0.5, 0.6) is 0 Å². The van der Waals surface area contributed by atoms with Crippen molar-refractivity contribution in [3.63, 3.8) is 0 Å². The van der Waals surface area contributed by atoms with Gasteiger partial charge in [0, 0.05) is 5.56 Å². The fourth-order valence-corrected chi connectivity index (χ4v) is 2.60. The number of fused-ring (bicyclic) bond motifs is 1. The van der Waals surface area contributed by atoms with Crippen molar-refractivity contribution >= 4 is 6.29 Å². The Morgan fingerprint density at radius 3 is 2.65 bits per heavy atom. The molecule has 0 aromatic heterocycles.